The van der Waals surface area contributed by atoms with E-state index in [1.54, 1.807) is 7.11 Å². The quantitative estimate of drug-likeness (QED) is 0.767. The van der Waals surface area contributed by atoms with E-state index in [1.807, 2.05) is 12.1 Å². The van der Waals surface area contributed by atoms with Crippen molar-refractivity contribution < 1.29 is 18.7 Å². The SMILES string of the molecule is COC(=O)c1coc(CN2CC3(C2)CN(c2ccc(OC)cc2)C3)n1. The topological polar surface area (TPSA) is 68.0 Å². The van der Waals surface area contributed by atoms with Gasteiger partial charge in [-0.15, -0.1) is 0 Å². The highest BCUT2D eigenvalue weighted by atomic mass is 16.5. The number of aromatic nitrogens is 1. The van der Waals surface area contributed by atoms with Gasteiger partial charge >= 0.3 is 5.97 Å². The maximum atomic E-state index is 11.4. The molecule has 1 aromatic heterocycles. The Balaban J connectivity index is 1.27. The molecule has 2 aliphatic heterocycles. The van der Waals surface area contributed by atoms with E-state index in [4.69, 9.17) is 9.15 Å². The van der Waals surface area contributed by atoms with Crippen molar-refractivity contribution in [2.24, 2.45) is 5.41 Å². The number of rotatable bonds is 5. The van der Waals surface area contributed by atoms with Gasteiger partial charge in [0.25, 0.3) is 0 Å². The maximum absolute atomic E-state index is 11.4. The van der Waals surface area contributed by atoms with E-state index >= 15 is 0 Å². The molecule has 132 valence electrons. The van der Waals surface area contributed by atoms with Gasteiger partial charge in [0.2, 0.25) is 5.89 Å². The van der Waals surface area contributed by atoms with Gasteiger partial charge in [-0.25, -0.2) is 9.78 Å². The van der Waals surface area contributed by atoms with Gasteiger partial charge in [-0.2, -0.15) is 0 Å². The van der Waals surface area contributed by atoms with Gasteiger partial charge in [0, 0.05) is 37.3 Å². The molecule has 0 bridgehead atoms. The Kier molecular flexibility index (Phi) is 3.88. The van der Waals surface area contributed by atoms with Crippen LogP contribution in [0.1, 0.15) is 16.4 Å². The number of nitrogens with zero attached hydrogens (tertiary/aromatic N) is 3. The zero-order chi connectivity index (χ0) is 17.4. The summed E-state index contributed by atoms with van der Waals surface area (Å²) in [5.41, 5.74) is 1.83. The van der Waals surface area contributed by atoms with E-state index in [9.17, 15) is 4.79 Å². The van der Waals surface area contributed by atoms with Crippen molar-refractivity contribution in [1.82, 2.24) is 9.88 Å². The van der Waals surface area contributed by atoms with E-state index in [1.165, 1.54) is 19.1 Å². The van der Waals surface area contributed by atoms with E-state index in [-0.39, 0.29) is 5.69 Å². The molecule has 4 rings (SSSR count). The second kappa shape index (κ2) is 6.07. The second-order valence-corrected chi connectivity index (χ2v) is 6.82. The Hall–Kier alpha value is -2.54. The van der Waals surface area contributed by atoms with Crippen LogP contribution in [0.15, 0.2) is 34.9 Å². The maximum Gasteiger partial charge on any atom is 0.360 e. The van der Waals surface area contributed by atoms with Gasteiger partial charge in [0.05, 0.1) is 20.8 Å². The van der Waals surface area contributed by atoms with Gasteiger partial charge in [0.15, 0.2) is 5.69 Å². The molecular weight excluding hydrogens is 322 g/mol. The van der Waals surface area contributed by atoms with E-state index in [0.717, 1.165) is 31.9 Å². The number of likely N-dealkylation sites (tertiary alicyclic amines) is 1. The fourth-order valence-electron chi connectivity index (χ4n) is 3.73. The molecule has 7 heteroatoms. The van der Waals surface area contributed by atoms with Gasteiger partial charge in [0.1, 0.15) is 12.0 Å². The molecule has 0 amide bonds. The summed E-state index contributed by atoms with van der Waals surface area (Å²) in [7, 11) is 3.01. The van der Waals surface area contributed by atoms with Crippen molar-refractivity contribution in [2.45, 2.75) is 6.54 Å². The summed E-state index contributed by atoms with van der Waals surface area (Å²) in [5, 5.41) is 0. The van der Waals surface area contributed by atoms with Gasteiger partial charge in [-0.3, -0.25) is 4.90 Å². The molecular formula is C18H21N3O4. The second-order valence-electron chi connectivity index (χ2n) is 6.82. The first-order chi connectivity index (χ1) is 12.1. The first kappa shape index (κ1) is 16.0. The Morgan fingerprint density at radius 3 is 2.56 bits per heavy atom. The molecule has 3 heterocycles. The first-order valence-electron chi connectivity index (χ1n) is 8.25. The third kappa shape index (κ3) is 2.95. The van der Waals surface area contributed by atoms with Crippen LogP contribution in [0.4, 0.5) is 5.69 Å². The van der Waals surface area contributed by atoms with Gasteiger partial charge in [-0.05, 0) is 24.3 Å². The lowest BCUT2D eigenvalue weighted by Gasteiger charge is -2.61. The molecule has 0 aliphatic carbocycles. The molecule has 0 N–H and O–H groups in total. The standard InChI is InChI=1S/C18H21N3O4/c1-23-14-5-3-13(4-6-14)21-11-18(12-21)9-20(10-18)7-16-19-15(8-25-16)17(22)24-2/h3-6,8H,7,9-12H2,1-2H3. The highest BCUT2D eigenvalue weighted by Gasteiger charge is 2.51. The molecule has 25 heavy (non-hydrogen) atoms. The van der Waals surface area contributed by atoms with Crippen LogP contribution in [0, 0.1) is 5.41 Å². The Morgan fingerprint density at radius 2 is 1.92 bits per heavy atom. The minimum Gasteiger partial charge on any atom is -0.497 e. The molecule has 0 saturated carbocycles. The molecule has 2 fully saturated rings. The average Bonchev–Trinajstić information content (AvgIpc) is 3.04. The number of carbonyl (C=O) groups is 1. The Bertz CT molecular complexity index is 757. The highest BCUT2D eigenvalue weighted by Crippen LogP contribution is 2.42. The van der Waals surface area contributed by atoms with Crippen molar-refractivity contribution in [3.63, 3.8) is 0 Å². The lowest BCUT2D eigenvalue weighted by Crippen LogP contribution is -2.71. The van der Waals surface area contributed by atoms with Crippen molar-refractivity contribution in [2.75, 3.05) is 45.3 Å². The van der Waals surface area contributed by atoms with Crippen LogP contribution < -0.4 is 9.64 Å². The van der Waals surface area contributed by atoms with E-state index < -0.39 is 5.97 Å². The number of benzene rings is 1. The summed E-state index contributed by atoms with van der Waals surface area (Å²) >= 11 is 0. The molecule has 1 spiro atoms. The largest absolute Gasteiger partial charge is 0.497 e. The van der Waals surface area contributed by atoms with Crippen molar-refractivity contribution in [3.05, 3.63) is 42.1 Å². The van der Waals surface area contributed by atoms with Gasteiger partial charge in [-0.1, -0.05) is 0 Å². The van der Waals surface area contributed by atoms with Crippen LogP contribution in [-0.4, -0.2) is 56.3 Å². The van der Waals surface area contributed by atoms with Crippen LogP contribution >= 0.6 is 0 Å². The van der Waals surface area contributed by atoms with Crippen LogP contribution in [0.5, 0.6) is 5.75 Å². The first-order valence-corrected chi connectivity index (χ1v) is 8.25. The lowest BCUT2D eigenvalue weighted by atomic mass is 9.72. The normalized spacial score (nSPS) is 18.6. The number of hydrogen-bond acceptors (Lipinski definition) is 7. The molecule has 0 radical (unpaired) electrons. The smallest absolute Gasteiger partial charge is 0.360 e. The molecule has 0 unspecified atom stereocenters. The predicted molar refractivity (Wildman–Crippen MR) is 90.8 cm³/mol. The highest BCUT2D eigenvalue weighted by molar-refractivity contribution is 5.86. The third-order valence-corrected chi connectivity index (χ3v) is 4.91. The molecule has 7 nitrogen and oxygen atoms in total. The molecule has 2 saturated heterocycles. The molecule has 1 aromatic carbocycles. The van der Waals surface area contributed by atoms with Crippen molar-refractivity contribution >= 4 is 11.7 Å². The van der Waals surface area contributed by atoms with E-state index in [0.29, 0.717) is 17.9 Å². The van der Waals surface area contributed by atoms with Crippen LogP contribution in [-0.2, 0) is 11.3 Å². The zero-order valence-corrected chi connectivity index (χ0v) is 14.4. The average molecular weight is 343 g/mol. The molecule has 2 aromatic rings. The van der Waals surface area contributed by atoms with Crippen molar-refractivity contribution in [1.29, 1.82) is 0 Å². The number of ether oxygens (including phenoxy) is 2. The number of methoxy groups -OCH3 is 2. The number of carbonyl (C=O) groups excluding carboxylic acids is 1. The summed E-state index contributed by atoms with van der Waals surface area (Å²) in [6.45, 7) is 4.80. The fraction of sp³-hybridized carbons (Fsp3) is 0.444. The monoisotopic (exact) mass is 343 g/mol. The molecule has 2 aliphatic rings. The summed E-state index contributed by atoms with van der Waals surface area (Å²) < 4.78 is 15.2. The molecule has 0 atom stereocenters. The number of anilines is 1. The van der Waals surface area contributed by atoms with Crippen LogP contribution in [0.25, 0.3) is 0 Å². The number of oxazole rings is 1. The Labute approximate surface area is 146 Å². The van der Waals surface area contributed by atoms with Crippen LogP contribution in [0.2, 0.25) is 0 Å². The Morgan fingerprint density at radius 1 is 1.20 bits per heavy atom. The number of hydrogen-bond donors (Lipinski definition) is 0. The van der Waals surface area contributed by atoms with Crippen molar-refractivity contribution in [3.8, 4) is 5.75 Å². The third-order valence-electron chi connectivity index (χ3n) is 4.91. The van der Waals surface area contributed by atoms with E-state index in [2.05, 4.69) is 31.7 Å². The fourth-order valence-corrected chi connectivity index (χ4v) is 3.73. The lowest BCUT2D eigenvalue weighted by molar-refractivity contribution is -0.0317. The number of esters is 1. The predicted octanol–water partition coefficient (Wildman–Crippen LogP) is 1.79. The van der Waals surface area contributed by atoms with Gasteiger partial charge < -0.3 is 18.8 Å². The minimum absolute atomic E-state index is 0.224. The summed E-state index contributed by atoms with van der Waals surface area (Å²) in [6, 6.07) is 8.19. The zero-order valence-electron chi connectivity index (χ0n) is 14.4. The summed E-state index contributed by atoms with van der Waals surface area (Å²) in [5.74, 6) is 0.969. The minimum atomic E-state index is -0.468. The van der Waals surface area contributed by atoms with Crippen LogP contribution in [0.3, 0.4) is 0 Å². The summed E-state index contributed by atoms with van der Waals surface area (Å²) in [4.78, 5) is 20.2. The summed E-state index contributed by atoms with van der Waals surface area (Å²) in [6.07, 6.45) is 1.35.